The van der Waals surface area contributed by atoms with E-state index in [1.807, 2.05) is 24.3 Å². The normalized spacial score (nSPS) is 10.7. The maximum atomic E-state index is 12.7. The summed E-state index contributed by atoms with van der Waals surface area (Å²) in [5.41, 5.74) is 2.02. The number of fused-ring (bicyclic) bond motifs is 1. The summed E-state index contributed by atoms with van der Waals surface area (Å²) in [5.74, 6) is -0.283. The summed E-state index contributed by atoms with van der Waals surface area (Å²) in [6, 6.07) is 21.1. The fourth-order valence-corrected chi connectivity index (χ4v) is 2.81. The molecule has 5 heteroatoms. The molecule has 0 fully saturated rings. The first kappa shape index (κ1) is 16.7. The second kappa shape index (κ2) is 7.25. The minimum Gasteiger partial charge on any atom is -0.463 e. The number of rotatable bonds is 5. The molecule has 0 atom stereocenters. The van der Waals surface area contributed by atoms with Crippen LogP contribution in [0.3, 0.4) is 0 Å². The maximum Gasteiger partial charge on any atom is 0.339 e. The lowest BCUT2D eigenvalue weighted by Gasteiger charge is -2.09. The van der Waals surface area contributed by atoms with Gasteiger partial charge < -0.3 is 9.15 Å². The number of esters is 1. The van der Waals surface area contributed by atoms with Gasteiger partial charge in [-0.25, -0.2) is 9.78 Å². The van der Waals surface area contributed by atoms with Gasteiger partial charge in [0.05, 0.1) is 17.3 Å². The quantitative estimate of drug-likeness (QED) is 0.387. The zero-order valence-electron chi connectivity index (χ0n) is 14.3. The molecule has 0 saturated carbocycles. The molecule has 0 radical (unpaired) electrons. The number of hydrogen-bond donors (Lipinski definition) is 0. The van der Waals surface area contributed by atoms with E-state index in [2.05, 4.69) is 4.98 Å². The van der Waals surface area contributed by atoms with Crippen LogP contribution in [0.15, 0.2) is 83.5 Å². The van der Waals surface area contributed by atoms with E-state index in [-0.39, 0.29) is 12.4 Å². The first-order valence-corrected chi connectivity index (χ1v) is 8.41. The molecule has 2 aromatic heterocycles. The minimum absolute atomic E-state index is 0.256. The summed E-state index contributed by atoms with van der Waals surface area (Å²) in [6.45, 7) is -0.324. The predicted octanol–water partition coefficient (Wildman–Crippen LogP) is 4.53. The number of Topliss-reactive ketones (excluding diaryl/α,β-unsaturated/α-hetero) is 1. The van der Waals surface area contributed by atoms with Crippen molar-refractivity contribution in [3.63, 3.8) is 0 Å². The number of aromatic nitrogens is 1. The van der Waals surface area contributed by atoms with E-state index in [0.29, 0.717) is 33.5 Å². The summed E-state index contributed by atoms with van der Waals surface area (Å²) in [6.07, 6.45) is 1.54. The minimum atomic E-state index is -0.578. The monoisotopic (exact) mass is 357 g/mol. The molecule has 2 aromatic carbocycles. The van der Waals surface area contributed by atoms with Crippen molar-refractivity contribution in [2.45, 2.75) is 0 Å². The molecule has 5 nitrogen and oxygen atoms in total. The van der Waals surface area contributed by atoms with Gasteiger partial charge in [0.1, 0.15) is 5.69 Å². The van der Waals surface area contributed by atoms with Crippen LogP contribution in [0.25, 0.3) is 22.4 Å². The standard InChI is InChI=1S/C22H15NO4/c24-20(15-7-2-1-3-8-15)14-27-22(25)17-13-19(21-11-6-12-26-21)23-18-10-5-4-9-16(17)18/h1-13H,14H2. The number of nitrogens with zero attached hydrogens (tertiary/aromatic N) is 1. The largest absolute Gasteiger partial charge is 0.463 e. The lowest BCUT2D eigenvalue weighted by Crippen LogP contribution is -2.14. The van der Waals surface area contributed by atoms with Crippen molar-refractivity contribution >= 4 is 22.7 Å². The first-order chi connectivity index (χ1) is 13.2. The van der Waals surface area contributed by atoms with E-state index in [1.165, 1.54) is 0 Å². The number of benzene rings is 2. The van der Waals surface area contributed by atoms with Gasteiger partial charge in [-0.05, 0) is 24.3 Å². The fraction of sp³-hybridized carbons (Fsp3) is 0.0455. The van der Waals surface area contributed by atoms with E-state index in [4.69, 9.17) is 9.15 Å². The smallest absolute Gasteiger partial charge is 0.339 e. The van der Waals surface area contributed by atoms with Crippen LogP contribution in [0.2, 0.25) is 0 Å². The van der Waals surface area contributed by atoms with Gasteiger partial charge >= 0.3 is 5.97 Å². The molecule has 0 aliphatic rings. The van der Waals surface area contributed by atoms with Crippen molar-refractivity contribution in [1.29, 1.82) is 0 Å². The van der Waals surface area contributed by atoms with E-state index in [0.717, 1.165) is 0 Å². The molecule has 0 spiro atoms. The summed E-state index contributed by atoms with van der Waals surface area (Å²) in [5, 5.41) is 0.657. The summed E-state index contributed by atoms with van der Waals surface area (Å²) >= 11 is 0. The third-order valence-corrected chi connectivity index (χ3v) is 4.14. The summed E-state index contributed by atoms with van der Waals surface area (Å²) in [7, 11) is 0. The fourth-order valence-electron chi connectivity index (χ4n) is 2.81. The molecule has 0 aliphatic carbocycles. The number of carbonyl (C=O) groups is 2. The van der Waals surface area contributed by atoms with Crippen LogP contribution in [0.5, 0.6) is 0 Å². The number of para-hydroxylation sites is 1. The number of ether oxygens (including phenoxy) is 1. The molecule has 0 saturated heterocycles. The lowest BCUT2D eigenvalue weighted by molar-refractivity contribution is 0.0476. The van der Waals surface area contributed by atoms with Gasteiger partial charge in [0, 0.05) is 10.9 Å². The Hall–Kier alpha value is -3.73. The van der Waals surface area contributed by atoms with Gasteiger partial charge in [-0.2, -0.15) is 0 Å². The Bertz CT molecular complexity index is 1100. The first-order valence-electron chi connectivity index (χ1n) is 8.41. The highest BCUT2D eigenvalue weighted by Gasteiger charge is 2.17. The Morgan fingerprint density at radius 1 is 0.926 bits per heavy atom. The molecule has 0 unspecified atom stereocenters. The average molecular weight is 357 g/mol. The molecule has 0 bridgehead atoms. The molecular formula is C22H15NO4. The second-order valence-corrected chi connectivity index (χ2v) is 5.91. The van der Waals surface area contributed by atoms with E-state index < -0.39 is 5.97 Å². The Morgan fingerprint density at radius 3 is 2.48 bits per heavy atom. The third-order valence-electron chi connectivity index (χ3n) is 4.14. The average Bonchev–Trinajstić information content (AvgIpc) is 3.26. The van der Waals surface area contributed by atoms with Gasteiger partial charge in [-0.1, -0.05) is 48.5 Å². The topological polar surface area (TPSA) is 69.4 Å². The molecule has 4 rings (SSSR count). The zero-order valence-corrected chi connectivity index (χ0v) is 14.3. The number of hydrogen-bond acceptors (Lipinski definition) is 5. The van der Waals surface area contributed by atoms with Crippen molar-refractivity contribution in [3.8, 4) is 11.5 Å². The highest BCUT2D eigenvalue weighted by molar-refractivity contribution is 6.06. The van der Waals surface area contributed by atoms with Crippen LogP contribution >= 0.6 is 0 Å². The summed E-state index contributed by atoms with van der Waals surface area (Å²) in [4.78, 5) is 29.4. The Labute approximate surface area is 155 Å². The van der Waals surface area contributed by atoms with Gasteiger partial charge in [0.25, 0.3) is 0 Å². The van der Waals surface area contributed by atoms with Gasteiger partial charge in [0.15, 0.2) is 18.2 Å². The number of pyridine rings is 1. The molecule has 0 aliphatic heterocycles. The molecule has 2 heterocycles. The van der Waals surface area contributed by atoms with Crippen molar-refractivity contribution in [2.24, 2.45) is 0 Å². The number of furan rings is 1. The molecule has 27 heavy (non-hydrogen) atoms. The number of ketones is 1. The Kier molecular flexibility index (Phi) is 4.49. The van der Waals surface area contributed by atoms with E-state index in [1.54, 1.807) is 54.8 Å². The highest BCUT2D eigenvalue weighted by atomic mass is 16.5. The second-order valence-electron chi connectivity index (χ2n) is 5.91. The van der Waals surface area contributed by atoms with E-state index >= 15 is 0 Å². The van der Waals surface area contributed by atoms with Crippen molar-refractivity contribution in [1.82, 2.24) is 4.98 Å². The van der Waals surface area contributed by atoms with Crippen LogP contribution in [0.4, 0.5) is 0 Å². The van der Waals surface area contributed by atoms with Crippen molar-refractivity contribution in [2.75, 3.05) is 6.61 Å². The van der Waals surface area contributed by atoms with Gasteiger partial charge in [0.2, 0.25) is 0 Å². The van der Waals surface area contributed by atoms with E-state index in [9.17, 15) is 9.59 Å². The van der Waals surface area contributed by atoms with Crippen molar-refractivity contribution < 1.29 is 18.7 Å². The van der Waals surface area contributed by atoms with Gasteiger partial charge in [-0.15, -0.1) is 0 Å². The van der Waals surface area contributed by atoms with Crippen LogP contribution in [-0.4, -0.2) is 23.3 Å². The molecule has 132 valence electrons. The van der Waals surface area contributed by atoms with Crippen LogP contribution < -0.4 is 0 Å². The highest BCUT2D eigenvalue weighted by Crippen LogP contribution is 2.25. The maximum absolute atomic E-state index is 12.7. The zero-order chi connectivity index (χ0) is 18.6. The predicted molar refractivity (Wildman–Crippen MR) is 101 cm³/mol. The Balaban J connectivity index is 1.64. The van der Waals surface area contributed by atoms with Crippen LogP contribution in [-0.2, 0) is 4.74 Å². The SMILES string of the molecule is O=C(COC(=O)c1cc(-c2ccco2)nc2ccccc12)c1ccccc1. The van der Waals surface area contributed by atoms with Crippen molar-refractivity contribution in [3.05, 3.63) is 90.2 Å². The van der Waals surface area contributed by atoms with Crippen LogP contribution in [0, 0.1) is 0 Å². The summed E-state index contributed by atoms with van der Waals surface area (Å²) < 4.78 is 10.7. The molecule has 4 aromatic rings. The molecule has 0 N–H and O–H groups in total. The molecule has 0 amide bonds. The number of carbonyl (C=O) groups excluding carboxylic acids is 2. The molecular weight excluding hydrogens is 342 g/mol. The Morgan fingerprint density at radius 2 is 1.70 bits per heavy atom. The third kappa shape index (κ3) is 3.48. The lowest BCUT2D eigenvalue weighted by atomic mass is 10.1. The van der Waals surface area contributed by atoms with Gasteiger partial charge in [-0.3, -0.25) is 4.79 Å². The van der Waals surface area contributed by atoms with Crippen LogP contribution in [0.1, 0.15) is 20.7 Å².